The minimum absolute atomic E-state index is 0.0648. The quantitative estimate of drug-likeness (QED) is 0.544. The van der Waals surface area contributed by atoms with E-state index in [4.69, 9.17) is 4.74 Å². The van der Waals surface area contributed by atoms with Gasteiger partial charge in [-0.05, 0) is 49.1 Å². The third kappa shape index (κ3) is 5.41. The molecule has 6 nitrogen and oxygen atoms in total. The van der Waals surface area contributed by atoms with E-state index in [1.165, 1.54) is 0 Å². The van der Waals surface area contributed by atoms with Crippen molar-refractivity contribution in [2.24, 2.45) is 5.92 Å². The summed E-state index contributed by atoms with van der Waals surface area (Å²) in [5.74, 6) is 1.86. The van der Waals surface area contributed by atoms with Crippen molar-refractivity contribution in [2.45, 2.75) is 26.3 Å². The molecule has 4 rings (SSSR count). The van der Waals surface area contributed by atoms with Gasteiger partial charge in [0, 0.05) is 36.5 Å². The first-order chi connectivity index (χ1) is 15.1. The lowest BCUT2D eigenvalue weighted by Crippen LogP contribution is -2.43. The fourth-order valence-electron chi connectivity index (χ4n) is 3.75. The van der Waals surface area contributed by atoms with Crippen LogP contribution in [-0.2, 0) is 11.3 Å². The maximum absolute atomic E-state index is 12.8. The number of nitrogens with zero attached hydrogens (tertiary/aromatic N) is 3. The number of benzene rings is 2. The molecule has 0 radical (unpaired) electrons. The third-order valence-corrected chi connectivity index (χ3v) is 5.89. The van der Waals surface area contributed by atoms with E-state index in [1.54, 1.807) is 12.4 Å². The van der Waals surface area contributed by atoms with Crippen molar-refractivity contribution in [3.8, 4) is 11.6 Å². The molecule has 3 aromatic rings. The van der Waals surface area contributed by atoms with E-state index in [9.17, 15) is 4.79 Å². The van der Waals surface area contributed by atoms with Crippen LogP contribution in [0.1, 0.15) is 24.0 Å². The topological polar surface area (TPSA) is 67.4 Å². The van der Waals surface area contributed by atoms with E-state index in [1.807, 2.05) is 55.5 Å². The van der Waals surface area contributed by atoms with Crippen molar-refractivity contribution >= 4 is 27.7 Å². The van der Waals surface area contributed by atoms with Crippen molar-refractivity contribution in [1.82, 2.24) is 15.3 Å². The largest absolute Gasteiger partial charge is 0.436 e. The second-order valence-corrected chi connectivity index (χ2v) is 8.60. The summed E-state index contributed by atoms with van der Waals surface area (Å²) in [6.45, 7) is 3.92. The fraction of sp³-hybridized carbons (Fsp3) is 0.292. The van der Waals surface area contributed by atoms with Crippen LogP contribution in [0.5, 0.6) is 11.6 Å². The summed E-state index contributed by atoms with van der Waals surface area (Å²) in [4.78, 5) is 23.9. The Balaban J connectivity index is 1.44. The summed E-state index contributed by atoms with van der Waals surface area (Å²) >= 11 is 3.47. The molecule has 7 heteroatoms. The summed E-state index contributed by atoms with van der Waals surface area (Å²) in [6.07, 6.45) is 5.06. The lowest BCUT2D eigenvalue weighted by Gasteiger charge is -2.33. The smallest absolute Gasteiger partial charge is 0.263 e. The number of hydrogen-bond donors (Lipinski definition) is 1. The Morgan fingerprint density at radius 3 is 2.87 bits per heavy atom. The Labute approximate surface area is 190 Å². The number of amides is 1. The highest BCUT2D eigenvalue weighted by Gasteiger charge is 2.28. The number of aryl methyl sites for hydroxylation is 1. The van der Waals surface area contributed by atoms with Gasteiger partial charge in [-0.25, -0.2) is 9.97 Å². The van der Waals surface area contributed by atoms with Crippen LogP contribution in [0, 0.1) is 12.8 Å². The number of halogens is 1. The zero-order valence-corrected chi connectivity index (χ0v) is 19.0. The molecule has 0 saturated carbocycles. The summed E-state index contributed by atoms with van der Waals surface area (Å²) in [5.41, 5.74) is 2.10. The highest BCUT2D eigenvalue weighted by Crippen LogP contribution is 2.32. The van der Waals surface area contributed by atoms with Gasteiger partial charge in [0.1, 0.15) is 5.75 Å². The molecule has 0 unspecified atom stereocenters. The minimum atomic E-state index is -0.103. The van der Waals surface area contributed by atoms with Crippen LogP contribution in [0.25, 0.3) is 0 Å². The molecule has 0 spiro atoms. The predicted molar refractivity (Wildman–Crippen MR) is 124 cm³/mol. The Hall–Kier alpha value is -2.93. The van der Waals surface area contributed by atoms with Crippen molar-refractivity contribution in [1.29, 1.82) is 0 Å². The van der Waals surface area contributed by atoms with Gasteiger partial charge >= 0.3 is 0 Å². The molecule has 2 aromatic carbocycles. The second kappa shape index (κ2) is 9.92. The Kier molecular flexibility index (Phi) is 6.82. The number of piperidine rings is 1. The highest BCUT2D eigenvalue weighted by atomic mass is 79.9. The van der Waals surface area contributed by atoms with Gasteiger partial charge in [-0.3, -0.25) is 4.79 Å². The Morgan fingerprint density at radius 2 is 2.03 bits per heavy atom. The van der Waals surface area contributed by atoms with E-state index >= 15 is 0 Å². The number of nitrogens with one attached hydrogen (secondary N) is 1. The zero-order chi connectivity index (χ0) is 21.6. The summed E-state index contributed by atoms with van der Waals surface area (Å²) < 4.78 is 7.09. The van der Waals surface area contributed by atoms with Gasteiger partial charge in [0.15, 0.2) is 5.82 Å². The van der Waals surface area contributed by atoms with Crippen LogP contribution >= 0.6 is 15.9 Å². The number of carbonyl (C=O) groups is 1. The molecule has 31 heavy (non-hydrogen) atoms. The monoisotopic (exact) mass is 480 g/mol. The van der Waals surface area contributed by atoms with Crippen LogP contribution in [0.4, 0.5) is 5.82 Å². The fourth-order valence-corrected chi connectivity index (χ4v) is 4.19. The predicted octanol–water partition coefficient (Wildman–Crippen LogP) is 4.87. The standard InChI is InChI=1S/C24H25BrN4O2/c1-17-6-2-3-10-21(17)31-24-22(26-11-12-27-24)29-13-5-8-19(16-29)23(30)28-15-18-7-4-9-20(25)14-18/h2-4,6-7,9-12,14,19H,5,8,13,15-16H2,1H3,(H,28,30)/t19-/m1/s1. The molecule has 1 N–H and O–H groups in total. The molecule has 1 aromatic heterocycles. The summed E-state index contributed by atoms with van der Waals surface area (Å²) in [6, 6.07) is 15.8. The highest BCUT2D eigenvalue weighted by molar-refractivity contribution is 9.10. The summed E-state index contributed by atoms with van der Waals surface area (Å²) in [7, 11) is 0. The van der Waals surface area contributed by atoms with Crippen molar-refractivity contribution in [3.05, 3.63) is 76.5 Å². The average molecular weight is 481 g/mol. The van der Waals surface area contributed by atoms with E-state index in [2.05, 4.69) is 36.1 Å². The molecule has 1 atom stereocenters. The third-order valence-electron chi connectivity index (χ3n) is 5.39. The number of aromatic nitrogens is 2. The van der Waals surface area contributed by atoms with Gasteiger partial charge in [-0.1, -0.05) is 46.3 Å². The van der Waals surface area contributed by atoms with E-state index in [0.29, 0.717) is 24.8 Å². The van der Waals surface area contributed by atoms with E-state index < -0.39 is 0 Å². The maximum Gasteiger partial charge on any atom is 0.263 e. The van der Waals surface area contributed by atoms with Gasteiger partial charge in [0.25, 0.3) is 5.88 Å². The molecule has 160 valence electrons. The first kappa shape index (κ1) is 21.3. The minimum Gasteiger partial charge on any atom is -0.436 e. The van der Waals surface area contributed by atoms with E-state index in [0.717, 1.165) is 40.7 Å². The molecule has 2 heterocycles. The lowest BCUT2D eigenvalue weighted by atomic mass is 9.97. The van der Waals surface area contributed by atoms with Gasteiger partial charge in [-0.15, -0.1) is 0 Å². The molecule has 0 bridgehead atoms. The van der Waals surface area contributed by atoms with Gasteiger partial charge in [0.05, 0.1) is 5.92 Å². The first-order valence-corrected chi connectivity index (χ1v) is 11.2. The number of anilines is 1. The van der Waals surface area contributed by atoms with Crippen LogP contribution in [-0.4, -0.2) is 29.0 Å². The van der Waals surface area contributed by atoms with Crippen molar-refractivity contribution in [2.75, 3.05) is 18.0 Å². The Morgan fingerprint density at radius 1 is 1.19 bits per heavy atom. The molecule has 1 fully saturated rings. The molecule has 1 amide bonds. The maximum atomic E-state index is 12.8. The number of rotatable bonds is 6. The van der Waals surface area contributed by atoms with Gasteiger partial charge in [-0.2, -0.15) is 0 Å². The number of carbonyl (C=O) groups excluding carboxylic acids is 1. The molecule has 0 aliphatic carbocycles. The summed E-state index contributed by atoms with van der Waals surface area (Å²) in [5, 5.41) is 3.08. The zero-order valence-electron chi connectivity index (χ0n) is 17.4. The second-order valence-electron chi connectivity index (χ2n) is 7.69. The SMILES string of the molecule is Cc1ccccc1Oc1nccnc1N1CCC[C@@H](C(=O)NCc2cccc(Br)c2)C1. The Bertz CT molecular complexity index is 1060. The van der Waals surface area contributed by atoms with Crippen LogP contribution in [0.2, 0.25) is 0 Å². The van der Waals surface area contributed by atoms with E-state index in [-0.39, 0.29) is 11.8 Å². The number of hydrogen-bond acceptors (Lipinski definition) is 5. The van der Waals surface area contributed by atoms with Crippen molar-refractivity contribution in [3.63, 3.8) is 0 Å². The van der Waals surface area contributed by atoms with Crippen LogP contribution < -0.4 is 15.0 Å². The van der Waals surface area contributed by atoms with Crippen LogP contribution in [0.15, 0.2) is 65.4 Å². The molecular formula is C24H25BrN4O2. The first-order valence-electron chi connectivity index (χ1n) is 10.4. The molecule has 1 aliphatic rings. The van der Waals surface area contributed by atoms with Crippen molar-refractivity contribution < 1.29 is 9.53 Å². The molecular weight excluding hydrogens is 456 g/mol. The molecule has 1 saturated heterocycles. The average Bonchev–Trinajstić information content (AvgIpc) is 2.79. The van der Waals surface area contributed by atoms with Gasteiger partial charge in [0.2, 0.25) is 5.91 Å². The van der Waals surface area contributed by atoms with Crippen LogP contribution in [0.3, 0.4) is 0 Å². The number of ether oxygens (including phenoxy) is 1. The lowest BCUT2D eigenvalue weighted by molar-refractivity contribution is -0.125. The van der Waals surface area contributed by atoms with Gasteiger partial charge < -0.3 is 15.0 Å². The molecule has 1 aliphatic heterocycles. The number of para-hydroxylation sites is 1. The normalized spacial score (nSPS) is 16.1.